The summed E-state index contributed by atoms with van der Waals surface area (Å²) in [4.78, 5) is 12.5. The summed E-state index contributed by atoms with van der Waals surface area (Å²) in [6, 6.07) is 1.71. The second-order valence-corrected chi connectivity index (χ2v) is 3.83. The van der Waals surface area contributed by atoms with Gasteiger partial charge in [0, 0.05) is 18.5 Å². The molecular formula is C9H9N3O2S. The van der Waals surface area contributed by atoms with Crippen LogP contribution in [0, 0.1) is 0 Å². The molecule has 0 amide bonds. The van der Waals surface area contributed by atoms with Crippen LogP contribution < -0.4 is 4.74 Å². The molecule has 0 unspecified atom stereocenters. The maximum atomic E-state index is 11.9. The van der Waals surface area contributed by atoms with E-state index in [-0.39, 0.29) is 5.78 Å². The van der Waals surface area contributed by atoms with Crippen LogP contribution in [0.2, 0.25) is 0 Å². The van der Waals surface area contributed by atoms with Crippen molar-refractivity contribution in [2.45, 2.75) is 0 Å². The molecule has 0 aliphatic carbocycles. The second kappa shape index (κ2) is 3.82. The van der Waals surface area contributed by atoms with Crippen LogP contribution in [0.1, 0.15) is 15.4 Å². The number of carbonyl (C=O) groups excluding carboxylic acids is 1. The van der Waals surface area contributed by atoms with Gasteiger partial charge in [-0.2, -0.15) is 0 Å². The third-order valence-electron chi connectivity index (χ3n) is 1.98. The highest BCUT2D eigenvalue weighted by Gasteiger charge is 2.15. The third-order valence-corrected chi connectivity index (χ3v) is 2.89. The maximum absolute atomic E-state index is 11.9. The van der Waals surface area contributed by atoms with Crippen molar-refractivity contribution in [2.24, 2.45) is 7.05 Å². The summed E-state index contributed by atoms with van der Waals surface area (Å²) in [7, 11) is 3.26. The predicted octanol–water partition coefficient (Wildman–Crippen LogP) is 1.12. The highest BCUT2D eigenvalue weighted by Crippen LogP contribution is 2.23. The minimum absolute atomic E-state index is 0.0872. The van der Waals surface area contributed by atoms with Gasteiger partial charge in [-0.25, -0.2) is 4.68 Å². The molecule has 78 valence electrons. The van der Waals surface area contributed by atoms with Gasteiger partial charge in [-0.15, -0.1) is 16.4 Å². The van der Waals surface area contributed by atoms with Gasteiger partial charge in [0.05, 0.1) is 18.2 Å². The van der Waals surface area contributed by atoms with Gasteiger partial charge in [-0.1, -0.05) is 5.21 Å². The van der Waals surface area contributed by atoms with Crippen LogP contribution in [0.3, 0.4) is 0 Å². The van der Waals surface area contributed by atoms with Crippen molar-refractivity contribution in [2.75, 3.05) is 7.11 Å². The summed E-state index contributed by atoms with van der Waals surface area (Å²) in [5, 5.41) is 9.16. The Morgan fingerprint density at radius 2 is 2.40 bits per heavy atom. The molecule has 0 spiro atoms. The fraction of sp³-hybridized carbons (Fsp3) is 0.222. The first-order chi connectivity index (χ1) is 7.22. The van der Waals surface area contributed by atoms with E-state index in [0.717, 1.165) is 0 Å². The zero-order chi connectivity index (χ0) is 10.8. The van der Waals surface area contributed by atoms with Crippen LogP contribution in [0.15, 0.2) is 17.6 Å². The minimum Gasteiger partial charge on any atom is -0.496 e. The molecule has 0 aliphatic rings. The molecule has 2 aromatic heterocycles. The van der Waals surface area contributed by atoms with E-state index in [2.05, 4.69) is 10.3 Å². The normalized spacial score (nSPS) is 10.3. The number of carbonyl (C=O) groups is 1. The summed E-state index contributed by atoms with van der Waals surface area (Å²) >= 11 is 1.35. The van der Waals surface area contributed by atoms with Crippen LogP contribution in [-0.2, 0) is 7.05 Å². The molecule has 5 nitrogen and oxygen atoms in total. The van der Waals surface area contributed by atoms with E-state index in [1.165, 1.54) is 22.2 Å². The van der Waals surface area contributed by atoms with E-state index in [1.54, 1.807) is 25.6 Å². The van der Waals surface area contributed by atoms with Gasteiger partial charge in [0.2, 0.25) is 5.78 Å². The summed E-state index contributed by atoms with van der Waals surface area (Å²) in [6.45, 7) is 0. The van der Waals surface area contributed by atoms with Gasteiger partial charge in [0.1, 0.15) is 11.4 Å². The Kier molecular flexibility index (Phi) is 2.51. The molecule has 2 rings (SSSR count). The first-order valence-electron chi connectivity index (χ1n) is 4.24. The van der Waals surface area contributed by atoms with Crippen LogP contribution in [0.5, 0.6) is 5.75 Å². The highest BCUT2D eigenvalue weighted by atomic mass is 32.1. The second-order valence-electron chi connectivity index (χ2n) is 2.92. The molecule has 0 fully saturated rings. The quantitative estimate of drug-likeness (QED) is 0.731. The largest absolute Gasteiger partial charge is 0.496 e. The molecule has 0 radical (unpaired) electrons. The third kappa shape index (κ3) is 1.75. The Morgan fingerprint density at radius 1 is 1.60 bits per heavy atom. The van der Waals surface area contributed by atoms with Crippen molar-refractivity contribution >= 4 is 17.1 Å². The number of hydrogen-bond acceptors (Lipinski definition) is 5. The van der Waals surface area contributed by atoms with Crippen molar-refractivity contribution in [1.29, 1.82) is 0 Å². The van der Waals surface area contributed by atoms with Crippen molar-refractivity contribution in [3.8, 4) is 5.75 Å². The summed E-state index contributed by atoms with van der Waals surface area (Å²) in [5.41, 5.74) is 0.472. The smallest absolute Gasteiger partial charge is 0.222 e. The van der Waals surface area contributed by atoms with Crippen LogP contribution in [0.4, 0.5) is 0 Å². The molecule has 0 saturated heterocycles. The molecule has 15 heavy (non-hydrogen) atoms. The number of aromatic nitrogens is 3. The molecule has 6 heteroatoms. The lowest BCUT2D eigenvalue weighted by molar-refractivity contribution is 0.103. The first-order valence-corrected chi connectivity index (χ1v) is 5.12. The molecule has 0 bridgehead atoms. The molecule has 0 saturated carbocycles. The van der Waals surface area contributed by atoms with E-state index >= 15 is 0 Å². The SMILES string of the molecule is COc1csc(C(=O)c2cnnn2C)c1. The summed E-state index contributed by atoms with van der Waals surface area (Å²) < 4.78 is 6.47. The number of thiophene rings is 1. The molecule has 0 aromatic carbocycles. The van der Waals surface area contributed by atoms with Crippen molar-refractivity contribution in [3.05, 3.63) is 28.2 Å². The molecule has 0 atom stereocenters. The lowest BCUT2D eigenvalue weighted by atomic mass is 10.2. The van der Waals surface area contributed by atoms with Gasteiger partial charge in [0.25, 0.3) is 0 Å². The van der Waals surface area contributed by atoms with Gasteiger partial charge < -0.3 is 4.74 Å². The molecular weight excluding hydrogens is 214 g/mol. The van der Waals surface area contributed by atoms with Gasteiger partial charge in [-0.3, -0.25) is 4.79 Å². The Morgan fingerprint density at radius 3 is 2.93 bits per heavy atom. The standard InChI is InChI=1S/C9H9N3O2S/c1-12-7(4-10-11-12)9(13)8-3-6(14-2)5-15-8/h3-5H,1-2H3. The Balaban J connectivity index is 2.32. The summed E-state index contributed by atoms with van der Waals surface area (Å²) in [6.07, 6.45) is 1.45. The van der Waals surface area contributed by atoms with E-state index in [4.69, 9.17) is 4.74 Å². The van der Waals surface area contributed by atoms with Crippen molar-refractivity contribution in [1.82, 2.24) is 15.0 Å². The lowest BCUT2D eigenvalue weighted by Gasteiger charge is -1.95. The van der Waals surface area contributed by atoms with Gasteiger partial charge >= 0.3 is 0 Å². The van der Waals surface area contributed by atoms with E-state index in [0.29, 0.717) is 16.3 Å². The minimum atomic E-state index is -0.0872. The first kappa shape index (κ1) is 9.85. The lowest BCUT2D eigenvalue weighted by Crippen LogP contribution is -2.06. The van der Waals surface area contributed by atoms with E-state index < -0.39 is 0 Å². The number of nitrogens with zero attached hydrogens (tertiary/aromatic N) is 3. The number of methoxy groups -OCH3 is 1. The monoisotopic (exact) mass is 223 g/mol. The summed E-state index contributed by atoms with van der Waals surface area (Å²) in [5.74, 6) is 0.606. The fourth-order valence-electron chi connectivity index (χ4n) is 1.17. The highest BCUT2D eigenvalue weighted by molar-refractivity contribution is 7.12. The van der Waals surface area contributed by atoms with Crippen LogP contribution in [-0.4, -0.2) is 27.9 Å². The zero-order valence-electron chi connectivity index (χ0n) is 8.30. The predicted molar refractivity (Wildman–Crippen MR) is 55.3 cm³/mol. The number of ketones is 1. The van der Waals surface area contributed by atoms with Crippen LogP contribution in [0.25, 0.3) is 0 Å². The number of hydrogen-bond donors (Lipinski definition) is 0. The average Bonchev–Trinajstić information content (AvgIpc) is 2.84. The maximum Gasteiger partial charge on any atom is 0.222 e. The van der Waals surface area contributed by atoms with E-state index in [9.17, 15) is 4.79 Å². The van der Waals surface area contributed by atoms with Crippen molar-refractivity contribution in [3.63, 3.8) is 0 Å². The Labute approximate surface area is 90.3 Å². The Hall–Kier alpha value is -1.69. The molecule has 2 heterocycles. The molecule has 0 aliphatic heterocycles. The van der Waals surface area contributed by atoms with E-state index in [1.807, 2.05) is 0 Å². The van der Waals surface area contributed by atoms with Crippen LogP contribution >= 0.6 is 11.3 Å². The van der Waals surface area contributed by atoms with Gasteiger partial charge in [0.15, 0.2) is 0 Å². The molecule has 0 N–H and O–H groups in total. The molecule has 2 aromatic rings. The Bertz CT molecular complexity index is 489. The van der Waals surface area contributed by atoms with Gasteiger partial charge in [-0.05, 0) is 0 Å². The van der Waals surface area contributed by atoms with Crippen molar-refractivity contribution < 1.29 is 9.53 Å². The number of rotatable bonds is 3. The topological polar surface area (TPSA) is 57.0 Å². The number of aryl methyl sites for hydroxylation is 1. The fourth-order valence-corrected chi connectivity index (χ4v) is 1.97. The number of ether oxygens (including phenoxy) is 1. The zero-order valence-corrected chi connectivity index (χ0v) is 9.11. The average molecular weight is 223 g/mol.